The van der Waals surface area contributed by atoms with Gasteiger partial charge in [0, 0.05) is 12.6 Å². The second-order valence-corrected chi connectivity index (χ2v) is 5.66. The van der Waals surface area contributed by atoms with Gasteiger partial charge in [-0.3, -0.25) is 9.59 Å². The number of carbonyl (C=O) groups is 2. The molecular weight excluding hydrogens is 244 g/mol. The highest BCUT2D eigenvalue weighted by molar-refractivity contribution is 5.84. The Balaban J connectivity index is 3.84. The highest BCUT2D eigenvalue weighted by Gasteiger charge is 2.21. The first kappa shape index (κ1) is 17.9. The van der Waals surface area contributed by atoms with Gasteiger partial charge in [-0.2, -0.15) is 0 Å². The SMILES string of the molecule is CC(C)CCCCNC(=O)CC(NC(C)C)C(=O)O. The molecule has 0 radical (unpaired) electrons. The summed E-state index contributed by atoms with van der Waals surface area (Å²) in [6.45, 7) is 8.69. The Morgan fingerprint density at radius 1 is 1.11 bits per heavy atom. The fourth-order valence-corrected chi connectivity index (χ4v) is 1.78. The molecule has 0 aliphatic carbocycles. The number of unbranched alkanes of at least 4 members (excludes halogenated alkanes) is 1. The molecule has 0 aromatic heterocycles. The predicted molar refractivity (Wildman–Crippen MR) is 76.0 cm³/mol. The van der Waals surface area contributed by atoms with E-state index < -0.39 is 12.0 Å². The van der Waals surface area contributed by atoms with E-state index in [-0.39, 0.29) is 18.4 Å². The van der Waals surface area contributed by atoms with Gasteiger partial charge in [-0.05, 0) is 12.3 Å². The minimum absolute atomic E-state index is 0.0162. The Labute approximate surface area is 116 Å². The number of rotatable bonds is 10. The molecule has 0 bridgehead atoms. The second kappa shape index (κ2) is 9.78. The molecule has 0 aliphatic rings. The van der Waals surface area contributed by atoms with Crippen LogP contribution in [-0.4, -0.2) is 35.6 Å². The zero-order valence-electron chi connectivity index (χ0n) is 12.5. The average molecular weight is 272 g/mol. The van der Waals surface area contributed by atoms with Crippen LogP contribution in [0.1, 0.15) is 53.4 Å². The minimum atomic E-state index is -0.983. The standard InChI is InChI=1S/C14H28N2O3/c1-10(2)7-5-6-8-15-13(17)9-12(14(18)19)16-11(3)4/h10-12,16H,5-9H2,1-4H3,(H,15,17)(H,18,19). The highest BCUT2D eigenvalue weighted by Crippen LogP contribution is 2.05. The number of carboxylic acids is 1. The summed E-state index contributed by atoms with van der Waals surface area (Å²) in [5, 5.41) is 14.6. The van der Waals surface area contributed by atoms with Gasteiger partial charge < -0.3 is 15.7 Å². The molecule has 0 saturated heterocycles. The number of amides is 1. The van der Waals surface area contributed by atoms with Gasteiger partial charge in [0.2, 0.25) is 5.91 Å². The smallest absolute Gasteiger partial charge is 0.321 e. The van der Waals surface area contributed by atoms with Crippen molar-refractivity contribution in [2.45, 2.75) is 65.5 Å². The summed E-state index contributed by atoms with van der Waals surface area (Å²) in [4.78, 5) is 22.6. The highest BCUT2D eigenvalue weighted by atomic mass is 16.4. The van der Waals surface area contributed by atoms with E-state index in [1.165, 1.54) is 0 Å². The van der Waals surface area contributed by atoms with Crippen molar-refractivity contribution >= 4 is 11.9 Å². The van der Waals surface area contributed by atoms with Gasteiger partial charge in [0.15, 0.2) is 0 Å². The lowest BCUT2D eigenvalue weighted by atomic mass is 10.1. The molecule has 1 amide bonds. The Bertz CT molecular complexity index is 278. The van der Waals surface area contributed by atoms with E-state index in [4.69, 9.17) is 5.11 Å². The van der Waals surface area contributed by atoms with E-state index >= 15 is 0 Å². The number of aliphatic carboxylic acids is 1. The van der Waals surface area contributed by atoms with Crippen molar-refractivity contribution in [2.24, 2.45) is 5.92 Å². The lowest BCUT2D eigenvalue weighted by Crippen LogP contribution is -2.44. The minimum Gasteiger partial charge on any atom is -0.480 e. The molecule has 0 aliphatic heterocycles. The number of carboxylic acid groups (broad SMARTS) is 1. The summed E-state index contributed by atoms with van der Waals surface area (Å²) >= 11 is 0. The number of hydrogen-bond acceptors (Lipinski definition) is 3. The zero-order valence-corrected chi connectivity index (χ0v) is 12.5. The van der Waals surface area contributed by atoms with Crippen LogP contribution in [0.3, 0.4) is 0 Å². The van der Waals surface area contributed by atoms with Gasteiger partial charge in [0.05, 0.1) is 6.42 Å². The molecule has 5 nitrogen and oxygen atoms in total. The average Bonchev–Trinajstić information content (AvgIpc) is 2.26. The first-order valence-corrected chi connectivity index (χ1v) is 7.08. The zero-order chi connectivity index (χ0) is 14.8. The third-order valence-corrected chi connectivity index (χ3v) is 2.75. The molecule has 1 atom stereocenters. The lowest BCUT2D eigenvalue weighted by Gasteiger charge is -2.16. The van der Waals surface area contributed by atoms with Crippen LogP contribution in [0.2, 0.25) is 0 Å². The van der Waals surface area contributed by atoms with Crippen LogP contribution in [-0.2, 0) is 9.59 Å². The molecule has 112 valence electrons. The summed E-state index contributed by atoms with van der Waals surface area (Å²) < 4.78 is 0. The van der Waals surface area contributed by atoms with Gasteiger partial charge in [-0.1, -0.05) is 40.5 Å². The Hall–Kier alpha value is -1.10. The van der Waals surface area contributed by atoms with E-state index in [9.17, 15) is 9.59 Å². The first-order chi connectivity index (χ1) is 8.82. The van der Waals surface area contributed by atoms with Crippen molar-refractivity contribution in [2.75, 3.05) is 6.54 Å². The van der Waals surface area contributed by atoms with Gasteiger partial charge >= 0.3 is 5.97 Å². The Morgan fingerprint density at radius 3 is 2.21 bits per heavy atom. The molecule has 5 heteroatoms. The fraction of sp³-hybridized carbons (Fsp3) is 0.857. The molecule has 0 fully saturated rings. The lowest BCUT2D eigenvalue weighted by molar-refractivity contribution is -0.141. The third-order valence-electron chi connectivity index (χ3n) is 2.75. The van der Waals surface area contributed by atoms with Crippen LogP contribution in [0, 0.1) is 5.92 Å². The molecule has 0 spiro atoms. The van der Waals surface area contributed by atoms with Crippen LogP contribution in [0.25, 0.3) is 0 Å². The van der Waals surface area contributed by atoms with Crippen molar-refractivity contribution in [3.05, 3.63) is 0 Å². The molecule has 1 unspecified atom stereocenters. The Kier molecular flexibility index (Phi) is 9.21. The molecule has 19 heavy (non-hydrogen) atoms. The number of hydrogen-bond donors (Lipinski definition) is 3. The molecular formula is C14H28N2O3. The van der Waals surface area contributed by atoms with Crippen molar-refractivity contribution in [1.82, 2.24) is 10.6 Å². The summed E-state index contributed by atoms with van der Waals surface area (Å²) in [6, 6.07) is -0.768. The third kappa shape index (κ3) is 10.5. The maximum atomic E-state index is 11.6. The molecule has 0 aromatic rings. The van der Waals surface area contributed by atoms with Crippen LogP contribution in [0.15, 0.2) is 0 Å². The van der Waals surface area contributed by atoms with E-state index in [2.05, 4.69) is 24.5 Å². The van der Waals surface area contributed by atoms with Gasteiger partial charge in [0.25, 0.3) is 0 Å². The van der Waals surface area contributed by atoms with Gasteiger partial charge in [-0.25, -0.2) is 0 Å². The van der Waals surface area contributed by atoms with Gasteiger partial charge in [0.1, 0.15) is 6.04 Å². The van der Waals surface area contributed by atoms with Crippen LogP contribution >= 0.6 is 0 Å². The maximum absolute atomic E-state index is 11.6. The molecule has 0 saturated carbocycles. The molecule has 0 rings (SSSR count). The van der Waals surface area contributed by atoms with Crippen LogP contribution in [0.5, 0.6) is 0 Å². The number of carbonyl (C=O) groups excluding carboxylic acids is 1. The topological polar surface area (TPSA) is 78.4 Å². The first-order valence-electron chi connectivity index (χ1n) is 7.08. The van der Waals surface area contributed by atoms with Crippen LogP contribution in [0.4, 0.5) is 0 Å². The summed E-state index contributed by atoms with van der Waals surface area (Å²) in [5.74, 6) is -0.504. The second-order valence-electron chi connectivity index (χ2n) is 5.66. The van der Waals surface area contributed by atoms with E-state index in [1.807, 2.05) is 13.8 Å². The summed E-state index contributed by atoms with van der Waals surface area (Å²) in [7, 11) is 0. The van der Waals surface area contributed by atoms with Crippen molar-refractivity contribution in [3.8, 4) is 0 Å². The fourth-order valence-electron chi connectivity index (χ4n) is 1.78. The van der Waals surface area contributed by atoms with E-state index in [0.29, 0.717) is 12.5 Å². The van der Waals surface area contributed by atoms with E-state index in [0.717, 1.165) is 19.3 Å². The predicted octanol–water partition coefficient (Wildman–Crippen LogP) is 1.77. The largest absolute Gasteiger partial charge is 0.480 e. The maximum Gasteiger partial charge on any atom is 0.321 e. The molecule has 3 N–H and O–H groups in total. The van der Waals surface area contributed by atoms with Gasteiger partial charge in [-0.15, -0.1) is 0 Å². The quantitative estimate of drug-likeness (QED) is 0.530. The van der Waals surface area contributed by atoms with Crippen molar-refractivity contribution < 1.29 is 14.7 Å². The van der Waals surface area contributed by atoms with Crippen molar-refractivity contribution in [1.29, 1.82) is 0 Å². The molecule has 0 aromatic carbocycles. The normalized spacial score (nSPS) is 12.7. The molecule has 0 heterocycles. The van der Waals surface area contributed by atoms with Crippen molar-refractivity contribution in [3.63, 3.8) is 0 Å². The Morgan fingerprint density at radius 2 is 1.74 bits per heavy atom. The summed E-state index contributed by atoms with van der Waals surface area (Å²) in [6.07, 6.45) is 3.17. The monoisotopic (exact) mass is 272 g/mol. The number of nitrogens with one attached hydrogen (secondary N) is 2. The summed E-state index contributed by atoms with van der Waals surface area (Å²) in [5.41, 5.74) is 0. The van der Waals surface area contributed by atoms with E-state index in [1.54, 1.807) is 0 Å². The van der Waals surface area contributed by atoms with Crippen LogP contribution < -0.4 is 10.6 Å².